The summed E-state index contributed by atoms with van der Waals surface area (Å²) in [6.45, 7) is 1.85. The number of furan rings is 1. The van der Waals surface area contributed by atoms with Crippen molar-refractivity contribution >= 4 is 29.3 Å². The molecule has 1 amide bonds. The lowest BCUT2D eigenvalue weighted by Crippen LogP contribution is -2.16. The lowest BCUT2D eigenvalue weighted by Gasteiger charge is -2.11. The number of aromatic nitrogens is 3. The quantitative estimate of drug-likeness (QED) is 0.331. The fraction of sp³-hybridized carbons (Fsp3) is 0.130. The Kier molecular flexibility index (Phi) is 6.37. The first-order chi connectivity index (χ1) is 15.6. The van der Waals surface area contributed by atoms with Gasteiger partial charge in [0.25, 0.3) is 0 Å². The van der Waals surface area contributed by atoms with Gasteiger partial charge in [0.2, 0.25) is 11.7 Å². The van der Waals surface area contributed by atoms with Crippen LogP contribution in [0.15, 0.2) is 76.5 Å². The number of carbonyl (C=O) groups excluding carboxylic acids is 2. The van der Waals surface area contributed by atoms with Gasteiger partial charge >= 0.3 is 5.97 Å². The van der Waals surface area contributed by atoms with Gasteiger partial charge in [0.05, 0.1) is 24.7 Å². The molecule has 32 heavy (non-hydrogen) atoms. The van der Waals surface area contributed by atoms with Gasteiger partial charge in [-0.3, -0.25) is 9.36 Å². The van der Waals surface area contributed by atoms with Crippen molar-refractivity contribution < 1.29 is 18.7 Å². The molecule has 0 radical (unpaired) electrons. The number of amides is 1. The molecule has 0 fully saturated rings. The van der Waals surface area contributed by atoms with Crippen LogP contribution >= 0.6 is 11.8 Å². The summed E-state index contributed by atoms with van der Waals surface area (Å²) in [5.41, 5.74) is 2.62. The van der Waals surface area contributed by atoms with Crippen LogP contribution in [0.5, 0.6) is 0 Å². The minimum Gasteiger partial charge on any atom is -0.465 e. The van der Waals surface area contributed by atoms with Gasteiger partial charge < -0.3 is 14.5 Å². The summed E-state index contributed by atoms with van der Waals surface area (Å²) < 4.78 is 12.1. The predicted octanol–water partition coefficient (Wildman–Crippen LogP) is 4.35. The number of nitrogens with zero attached hydrogens (tertiary/aromatic N) is 3. The number of anilines is 1. The van der Waals surface area contributed by atoms with Gasteiger partial charge in [-0.15, -0.1) is 10.2 Å². The van der Waals surface area contributed by atoms with E-state index in [1.54, 1.807) is 30.5 Å². The van der Waals surface area contributed by atoms with Gasteiger partial charge in [0, 0.05) is 11.4 Å². The first kappa shape index (κ1) is 21.4. The van der Waals surface area contributed by atoms with Crippen LogP contribution in [0.1, 0.15) is 15.9 Å². The van der Waals surface area contributed by atoms with Crippen LogP contribution < -0.4 is 5.32 Å². The number of carbonyl (C=O) groups is 2. The molecule has 8 nitrogen and oxygen atoms in total. The number of aryl methyl sites for hydroxylation is 1. The number of esters is 1. The second kappa shape index (κ2) is 9.52. The Morgan fingerprint density at radius 1 is 1.09 bits per heavy atom. The van der Waals surface area contributed by atoms with Crippen LogP contribution in [0, 0.1) is 6.92 Å². The molecule has 0 bridgehead atoms. The number of thioether (sulfide) groups is 1. The normalized spacial score (nSPS) is 10.7. The molecule has 0 aliphatic carbocycles. The molecule has 2 aromatic carbocycles. The van der Waals surface area contributed by atoms with E-state index in [0.29, 0.717) is 28.0 Å². The third-order valence-corrected chi connectivity index (χ3v) is 5.58. The summed E-state index contributed by atoms with van der Waals surface area (Å²) in [5, 5.41) is 11.9. The molecule has 2 aromatic heterocycles. The SMILES string of the molecule is COC(=O)c1ccc(C)c(NC(=O)CSc2nnc(-c3ccco3)n2-c2ccccc2)c1. The van der Waals surface area contributed by atoms with Gasteiger partial charge in [0.15, 0.2) is 10.9 Å². The zero-order chi connectivity index (χ0) is 22.5. The molecular weight excluding hydrogens is 428 g/mol. The number of rotatable bonds is 7. The first-order valence-corrected chi connectivity index (χ1v) is 10.7. The highest BCUT2D eigenvalue weighted by Gasteiger charge is 2.19. The van der Waals surface area contributed by atoms with E-state index >= 15 is 0 Å². The van der Waals surface area contributed by atoms with E-state index in [4.69, 9.17) is 9.15 Å². The zero-order valence-corrected chi connectivity index (χ0v) is 18.3. The van der Waals surface area contributed by atoms with E-state index in [0.717, 1.165) is 11.3 Å². The highest BCUT2D eigenvalue weighted by Crippen LogP contribution is 2.28. The number of benzene rings is 2. The van der Waals surface area contributed by atoms with E-state index in [-0.39, 0.29) is 11.7 Å². The number of hydrogen-bond acceptors (Lipinski definition) is 7. The van der Waals surface area contributed by atoms with Crippen molar-refractivity contribution in [2.24, 2.45) is 0 Å². The lowest BCUT2D eigenvalue weighted by atomic mass is 10.1. The maximum absolute atomic E-state index is 12.6. The second-order valence-corrected chi connectivity index (χ2v) is 7.76. The molecule has 0 spiro atoms. The van der Waals surface area contributed by atoms with E-state index in [2.05, 4.69) is 15.5 Å². The maximum Gasteiger partial charge on any atom is 0.337 e. The molecular formula is C23H20N4O4S. The Labute approximate surface area is 188 Å². The fourth-order valence-electron chi connectivity index (χ4n) is 3.06. The summed E-state index contributed by atoms with van der Waals surface area (Å²) in [4.78, 5) is 24.4. The Morgan fingerprint density at radius 2 is 1.91 bits per heavy atom. The lowest BCUT2D eigenvalue weighted by molar-refractivity contribution is -0.113. The standard InChI is InChI=1S/C23H20N4O4S/c1-15-10-11-16(22(29)30-2)13-18(15)24-20(28)14-32-23-26-25-21(19-9-6-12-31-19)27(23)17-7-4-3-5-8-17/h3-13H,14H2,1-2H3,(H,24,28). The number of hydrogen-bond donors (Lipinski definition) is 1. The molecule has 4 aromatic rings. The van der Waals surface area contributed by atoms with E-state index in [1.165, 1.54) is 18.9 Å². The Morgan fingerprint density at radius 3 is 2.62 bits per heavy atom. The molecule has 1 N–H and O–H groups in total. The minimum absolute atomic E-state index is 0.102. The van der Waals surface area contributed by atoms with Gasteiger partial charge in [0.1, 0.15) is 0 Å². The summed E-state index contributed by atoms with van der Waals surface area (Å²) >= 11 is 1.25. The molecule has 0 atom stereocenters. The molecule has 0 unspecified atom stereocenters. The van der Waals surface area contributed by atoms with Crippen LogP contribution in [-0.4, -0.2) is 39.5 Å². The Bertz CT molecular complexity index is 1240. The second-order valence-electron chi connectivity index (χ2n) is 6.81. The molecule has 0 aliphatic rings. The van der Waals surface area contributed by atoms with Crippen LogP contribution in [-0.2, 0) is 9.53 Å². The largest absolute Gasteiger partial charge is 0.465 e. The first-order valence-electron chi connectivity index (χ1n) is 9.73. The monoisotopic (exact) mass is 448 g/mol. The number of ether oxygens (including phenoxy) is 1. The average Bonchev–Trinajstić information content (AvgIpc) is 3.49. The number of methoxy groups -OCH3 is 1. The van der Waals surface area contributed by atoms with Crippen molar-refractivity contribution in [1.29, 1.82) is 0 Å². The van der Waals surface area contributed by atoms with Crippen LogP contribution in [0.25, 0.3) is 17.3 Å². The summed E-state index contributed by atoms with van der Waals surface area (Å²) in [6, 6.07) is 18.2. The maximum atomic E-state index is 12.6. The van der Waals surface area contributed by atoms with Crippen LogP contribution in [0.3, 0.4) is 0 Å². The minimum atomic E-state index is -0.462. The highest BCUT2D eigenvalue weighted by atomic mass is 32.2. The summed E-state index contributed by atoms with van der Waals surface area (Å²) in [7, 11) is 1.32. The van der Waals surface area contributed by atoms with Crippen molar-refractivity contribution in [3.63, 3.8) is 0 Å². The Hall–Kier alpha value is -3.85. The molecule has 0 saturated carbocycles. The van der Waals surface area contributed by atoms with Crippen LogP contribution in [0.4, 0.5) is 5.69 Å². The molecule has 2 heterocycles. The molecule has 0 saturated heterocycles. The fourth-order valence-corrected chi connectivity index (χ4v) is 3.81. The van der Waals surface area contributed by atoms with Crippen LogP contribution in [0.2, 0.25) is 0 Å². The molecule has 4 rings (SSSR count). The Balaban J connectivity index is 1.53. The molecule has 0 aliphatic heterocycles. The topological polar surface area (TPSA) is 99.2 Å². The van der Waals surface area contributed by atoms with Crippen molar-refractivity contribution in [3.8, 4) is 17.3 Å². The summed E-state index contributed by atoms with van der Waals surface area (Å²) in [6.07, 6.45) is 1.57. The average molecular weight is 449 g/mol. The molecule has 9 heteroatoms. The van der Waals surface area contributed by atoms with Gasteiger partial charge in [-0.2, -0.15) is 0 Å². The summed E-state index contributed by atoms with van der Waals surface area (Å²) in [5.74, 6) is 0.530. The van der Waals surface area contributed by atoms with E-state index < -0.39 is 5.97 Å². The smallest absolute Gasteiger partial charge is 0.337 e. The van der Waals surface area contributed by atoms with Crippen molar-refractivity contribution in [1.82, 2.24) is 14.8 Å². The molecule has 162 valence electrons. The number of nitrogens with one attached hydrogen (secondary N) is 1. The van der Waals surface area contributed by atoms with E-state index in [9.17, 15) is 9.59 Å². The zero-order valence-electron chi connectivity index (χ0n) is 17.4. The predicted molar refractivity (Wildman–Crippen MR) is 121 cm³/mol. The van der Waals surface area contributed by atoms with E-state index in [1.807, 2.05) is 47.9 Å². The van der Waals surface area contributed by atoms with Crippen molar-refractivity contribution in [3.05, 3.63) is 78.1 Å². The number of para-hydroxylation sites is 1. The highest BCUT2D eigenvalue weighted by molar-refractivity contribution is 7.99. The third-order valence-electron chi connectivity index (χ3n) is 4.65. The third kappa shape index (κ3) is 4.57. The van der Waals surface area contributed by atoms with Gasteiger partial charge in [-0.05, 0) is 48.9 Å². The van der Waals surface area contributed by atoms with Crippen molar-refractivity contribution in [2.75, 3.05) is 18.2 Å². The van der Waals surface area contributed by atoms with Crippen molar-refractivity contribution in [2.45, 2.75) is 12.1 Å². The van der Waals surface area contributed by atoms with Gasteiger partial charge in [-0.1, -0.05) is 36.0 Å². The van der Waals surface area contributed by atoms with Gasteiger partial charge in [-0.25, -0.2) is 4.79 Å².